The fourth-order valence-corrected chi connectivity index (χ4v) is 2.40. The summed E-state index contributed by atoms with van der Waals surface area (Å²) in [7, 11) is -0.734. The van der Waals surface area contributed by atoms with Crippen LogP contribution in [0, 0.1) is 5.92 Å². The molecular weight excluding hydrogens is 278 g/mol. The van der Waals surface area contributed by atoms with E-state index in [4.69, 9.17) is 9.53 Å². The van der Waals surface area contributed by atoms with Crippen molar-refractivity contribution in [2.24, 2.45) is 5.92 Å². The van der Waals surface area contributed by atoms with Crippen molar-refractivity contribution < 1.29 is 23.9 Å². The summed E-state index contributed by atoms with van der Waals surface area (Å²) in [4.78, 5) is 22.4. The van der Waals surface area contributed by atoms with E-state index in [0.717, 1.165) is 0 Å². The molecule has 2 N–H and O–H groups in total. The number of rotatable bonds is 6. The lowest BCUT2D eigenvalue weighted by Gasteiger charge is -2.37. The van der Waals surface area contributed by atoms with Gasteiger partial charge in [0, 0.05) is 12.5 Å². The Balaban J connectivity index is 4.67. The van der Waals surface area contributed by atoms with Gasteiger partial charge in [0.05, 0.1) is 7.11 Å². The van der Waals surface area contributed by atoms with Gasteiger partial charge in [-0.25, -0.2) is 9.59 Å². The predicted octanol–water partition coefficient (Wildman–Crippen LogP) is 2.45. The molecule has 118 valence electrons. The second-order valence-electron chi connectivity index (χ2n) is 6.50. The van der Waals surface area contributed by atoms with Crippen LogP contribution in [0.25, 0.3) is 0 Å². The Labute approximate surface area is 122 Å². The molecule has 0 aliphatic carbocycles. The van der Waals surface area contributed by atoms with Gasteiger partial charge in [0.25, 0.3) is 0 Å². The van der Waals surface area contributed by atoms with E-state index in [1.54, 1.807) is 6.92 Å². The Morgan fingerprint density at radius 3 is 2.15 bits per heavy atom. The minimum atomic E-state index is -1.93. The lowest BCUT2D eigenvalue weighted by molar-refractivity contribution is -0.141. The quantitative estimate of drug-likeness (QED) is 0.736. The average Bonchev–Trinajstić information content (AvgIpc) is 2.30. The molecule has 0 aliphatic heterocycles. The van der Waals surface area contributed by atoms with Crippen molar-refractivity contribution in [1.82, 2.24) is 5.32 Å². The summed E-state index contributed by atoms with van der Waals surface area (Å²) in [6.45, 7) is 12.6. The number of nitrogens with one attached hydrogen (secondary N) is 1. The molecule has 0 radical (unpaired) electrons. The van der Waals surface area contributed by atoms with Gasteiger partial charge < -0.3 is 19.6 Å². The third-order valence-electron chi connectivity index (χ3n) is 3.81. The molecule has 2 atom stereocenters. The van der Waals surface area contributed by atoms with Crippen LogP contribution in [0.3, 0.4) is 0 Å². The molecule has 0 heterocycles. The average molecular weight is 305 g/mol. The second-order valence-corrected chi connectivity index (χ2v) is 11.3. The van der Waals surface area contributed by atoms with Gasteiger partial charge in [-0.1, -0.05) is 27.7 Å². The van der Waals surface area contributed by atoms with Gasteiger partial charge >= 0.3 is 12.1 Å². The molecule has 0 aromatic heterocycles. The maximum absolute atomic E-state index is 11.2. The van der Waals surface area contributed by atoms with Crippen molar-refractivity contribution in [2.75, 3.05) is 13.7 Å². The van der Waals surface area contributed by atoms with Gasteiger partial charge in [0.2, 0.25) is 0 Å². The topological polar surface area (TPSA) is 84.9 Å². The zero-order chi connectivity index (χ0) is 16.1. The summed E-state index contributed by atoms with van der Waals surface area (Å²) >= 11 is 0. The van der Waals surface area contributed by atoms with Crippen molar-refractivity contribution in [2.45, 2.75) is 51.9 Å². The zero-order valence-electron chi connectivity index (χ0n) is 13.4. The molecule has 2 unspecified atom stereocenters. The van der Waals surface area contributed by atoms with E-state index in [2.05, 4.69) is 43.9 Å². The number of carbonyl (C=O) groups excluding carboxylic acids is 1. The van der Waals surface area contributed by atoms with Gasteiger partial charge in [-0.2, -0.15) is 0 Å². The van der Waals surface area contributed by atoms with Crippen LogP contribution in [0.5, 0.6) is 0 Å². The number of methoxy groups -OCH3 is 1. The summed E-state index contributed by atoms with van der Waals surface area (Å²) in [6, 6.07) is -1.02. The normalized spacial score (nSPS) is 15.3. The summed E-state index contributed by atoms with van der Waals surface area (Å²) in [5.74, 6) is -1.44. The van der Waals surface area contributed by atoms with Crippen LogP contribution in [0.4, 0.5) is 4.79 Å². The number of ether oxygens (including phenoxy) is 1. The summed E-state index contributed by atoms with van der Waals surface area (Å²) in [5, 5.41) is 11.5. The number of hydrogen-bond donors (Lipinski definition) is 2. The van der Waals surface area contributed by atoms with Gasteiger partial charge in [-0.3, -0.25) is 0 Å². The number of carboxylic acids is 1. The summed E-state index contributed by atoms with van der Waals surface area (Å²) in [6.07, 6.45) is -0.753. The minimum absolute atomic E-state index is 0.0568. The van der Waals surface area contributed by atoms with Crippen LogP contribution in [0.1, 0.15) is 27.7 Å². The van der Waals surface area contributed by atoms with Crippen molar-refractivity contribution >= 4 is 20.4 Å². The standard InChI is InChI=1S/C13H27NO5Si/c1-9(8-19-20(6,7)13(2,3)4)10(11(15)16)14-12(17)18-5/h9-10H,8H2,1-7H3,(H,14,17)(H,15,16). The number of amides is 1. The molecule has 1 amide bonds. The first-order chi connectivity index (χ1) is 8.92. The number of alkyl carbamates (subject to hydrolysis) is 1. The maximum Gasteiger partial charge on any atom is 0.407 e. The molecule has 0 aromatic carbocycles. The van der Waals surface area contributed by atoms with E-state index in [9.17, 15) is 9.59 Å². The summed E-state index contributed by atoms with van der Waals surface area (Å²) in [5.41, 5.74) is 0. The monoisotopic (exact) mass is 305 g/mol. The number of aliphatic carboxylic acids is 1. The van der Waals surface area contributed by atoms with E-state index in [1.165, 1.54) is 7.11 Å². The first-order valence-corrected chi connectivity index (χ1v) is 9.54. The van der Waals surface area contributed by atoms with Crippen LogP contribution in [0.2, 0.25) is 18.1 Å². The third-order valence-corrected chi connectivity index (χ3v) is 8.31. The molecule has 0 aromatic rings. The molecule has 0 saturated carbocycles. The highest BCUT2D eigenvalue weighted by molar-refractivity contribution is 6.74. The van der Waals surface area contributed by atoms with Gasteiger partial charge in [-0.05, 0) is 18.1 Å². The molecule has 0 bridgehead atoms. The first kappa shape index (κ1) is 18.9. The molecule has 7 heteroatoms. The minimum Gasteiger partial charge on any atom is -0.480 e. The van der Waals surface area contributed by atoms with E-state index >= 15 is 0 Å². The molecule has 0 saturated heterocycles. The lowest BCUT2D eigenvalue weighted by atomic mass is 10.0. The van der Waals surface area contributed by atoms with Crippen LogP contribution in [0.15, 0.2) is 0 Å². The number of carboxylic acid groups (broad SMARTS) is 1. The highest BCUT2D eigenvalue weighted by Crippen LogP contribution is 2.36. The van der Waals surface area contributed by atoms with Gasteiger partial charge in [-0.15, -0.1) is 0 Å². The van der Waals surface area contributed by atoms with Crippen molar-refractivity contribution in [3.8, 4) is 0 Å². The Kier molecular flexibility index (Phi) is 6.69. The molecule has 6 nitrogen and oxygen atoms in total. The smallest absolute Gasteiger partial charge is 0.407 e. The second kappa shape index (κ2) is 7.08. The predicted molar refractivity (Wildman–Crippen MR) is 79.3 cm³/mol. The van der Waals surface area contributed by atoms with E-state index in [1.807, 2.05) is 0 Å². The van der Waals surface area contributed by atoms with Crippen LogP contribution < -0.4 is 5.32 Å². The summed E-state index contributed by atoms with van der Waals surface area (Å²) < 4.78 is 10.4. The number of carbonyl (C=O) groups is 2. The Morgan fingerprint density at radius 2 is 1.80 bits per heavy atom. The number of hydrogen-bond acceptors (Lipinski definition) is 4. The van der Waals surface area contributed by atoms with Crippen LogP contribution >= 0.6 is 0 Å². The molecule has 20 heavy (non-hydrogen) atoms. The highest BCUT2D eigenvalue weighted by Gasteiger charge is 2.38. The largest absolute Gasteiger partial charge is 0.480 e. The van der Waals surface area contributed by atoms with E-state index < -0.39 is 26.4 Å². The molecule has 0 spiro atoms. The van der Waals surface area contributed by atoms with Gasteiger partial charge in [0.1, 0.15) is 6.04 Å². The SMILES string of the molecule is COC(=O)NC(C(=O)O)C(C)CO[Si](C)(C)C(C)(C)C. The fourth-order valence-electron chi connectivity index (χ4n) is 1.29. The third kappa shape index (κ3) is 5.50. The lowest BCUT2D eigenvalue weighted by Crippen LogP contribution is -2.48. The highest BCUT2D eigenvalue weighted by atomic mass is 28.4. The van der Waals surface area contributed by atoms with E-state index in [-0.39, 0.29) is 17.6 Å². The maximum atomic E-state index is 11.2. The Hall–Kier alpha value is -1.08. The molecular formula is C13H27NO5Si. The van der Waals surface area contributed by atoms with Gasteiger partial charge in [0.15, 0.2) is 8.32 Å². The Bertz CT molecular complexity index is 351. The Morgan fingerprint density at radius 1 is 1.30 bits per heavy atom. The first-order valence-electron chi connectivity index (χ1n) is 6.63. The van der Waals surface area contributed by atoms with Crippen LogP contribution in [-0.2, 0) is 14.0 Å². The zero-order valence-corrected chi connectivity index (χ0v) is 14.4. The molecule has 0 aliphatic rings. The molecule has 0 rings (SSSR count). The van der Waals surface area contributed by atoms with Crippen molar-refractivity contribution in [1.29, 1.82) is 0 Å². The van der Waals surface area contributed by atoms with Crippen LogP contribution in [-0.4, -0.2) is 45.2 Å². The fraction of sp³-hybridized carbons (Fsp3) is 0.846. The van der Waals surface area contributed by atoms with E-state index in [0.29, 0.717) is 0 Å². The molecule has 0 fully saturated rings. The van der Waals surface area contributed by atoms with Crippen molar-refractivity contribution in [3.05, 3.63) is 0 Å². The van der Waals surface area contributed by atoms with Crippen molar-refractivity contribution in [3.63, 3.8) is 0 Å².